The highest BCUT2D eigenvalue weighted by atomic mass is 16.4. The minimum atomic E-state index is -0.889. The number of hydrogen-bond acceptors (Lipinski definition) is 3. The van der Waals surface area contributed by atoms with Gasteiger partial charge in [0.2, 0.25) is 11.8 Å². The molecule has 2 atom stereocenters. The van der Waals surface area contributed by atoms with Gasteiger partial charge in [0.05, 0.1) is 11.3 Å². The Kier molecular flexibility index (Phi) is 4.79. The van der Waals surface area contributed by atoms with E-state index in [0.29, 0.717) is 32.5 Å². The summed E-state index contributed by atoms with van der Waals surface area (Å²) < 4.78 is 0. The molecule has 0 aliphatic carbocycles. The maximum absolute atomic E-state index is 12.8. The average molecular weight is 344 g/mol. The lowest BCUT2D eigenvalue weighted by Crippen LogP contribution is -2.50. The Labute approximate surface area is 147 Å². The topological polar surface area (TPSA) is 77.9 Å². The Hall–Kier alpha value is -2.37. The summed E-state index contributed by atoms with van der Waals surface area (Å²) in [6.45, 7) is 3.41. The summed E-state index contributed by atoms with van der Waals surface area (Å²) in [5, 5.41) is 9.41. The van der Waals surface area contributed by atoms with Crippen molar-refractivity contribution in [2.45, 2.75) is 32.7 Å². The standard InChI is InChI=1S/C19H24N2O4/c1-19(18(24)25)8-5-9-20(13-19)17(23)15-10-16(22)21(12-15)11-14-6-3-2-4-7-14/h2-4,6-7,15H,5,8-13H2,1H3,(H,24,25). The van der Waals surface area contributed by atoms with Gasteiger partial charge in [0.25, 0.3) is 0 Å². The molecule has 6 heteroatoms. The van der Waals surface area contributed by atoms with Gasteiger partial charge in [-0.05, 0) is 25.3 Å². The Balaban J connectivity index is 1.63. The van der Waals surface area contributed by atoms with Crippen molar-refractivity contribution in [3.05, 3.63) is 35.9 Å². The van der Waals surface area contributed by atoms with Crippen LogP contribution in [0.2, 0.25) is 0 Å². The van der Waals surface area contributed by atoms with Gasteiger partial charge in [0.1, 0.15) is 0 Å². The molecule has 6 nitrogen and oxygen atoms in total. The van der Waals surface area contributed by atoms with E-state index in [2.05, 4.69) is 0 Å². The van der Waals surface area contributed by atoms with Gasteiger partial charge in [-0.25, -0.2) is 0 Å². The summed E-state index contributed by atoms with van der Waals surface area (Å²) in [4.78, 5) is 39.9. The number of nitrogens with zero attached hydrogens (tertiary/aromatic N) is 2. The number of carboxylic acids is 1. The number of carboxylic acid groups (broad SMARTS) is 1. The van der Waals surface area contributed by atoms with E-state index in [9.17, 15) is 19.5 Å². The van der Waals surface area contributed by atoms with Crippen molar-refractivity contribution < 1.29 is 19.5 Å². The van der Waals surface area contributed by atoms with Crippen molar-refractivity contribution in [2.24, 2.45) is 11.3 Å². The predicted molar refractivity (Wildman–Crippen MR) is 91.5 cm³/mol. The average Bonchev–Trinajstić information content (AvgIpc) is 2.96. The van der Waals surface area contributed by atoms with Crippen LogP contribution in [0.1, 0.15) is 31.7 Å². The molecule has 134 valence electrons. The van der Waals surface area contributed by atoms with Crippen LogP contribution >= 0.6 is 0 Å². The molecule has 25 heavy (non-hydrogen) atoms. The minimum Gasteiger partial charge on any atom is -0.481 e. The van der Waals surface area contributed by atoms with Gasteiger partial charge in [-0.3, -0.25) is 14.4 Å². The van der Waals surface area contributed by atoms with Crippen LogP contribution in [0.25, 0.3) is 0 Å². The molecule has 2 aliphatic rings. The fourth-order valence-electron chi connectivity index (χ4n) is 3.75. The Morgan fingerprint density at radius 3 is 2.68 bits per heavy atom. The van der Waals surface area contributed by atoms with Crippen molar-refractivity contribution in [2.75, 3.05) is 19.6 Å². The molecule has 0 aromatic heterocycles. The summed E-state index contributed by atoms with van der Waals surface area (Å²) in [5.41, 5.74) is 0.153. The number of carbonyl (C=O) groups is 3. The lowest BCUT2D eigenvalue weighted by Gasteiger charge is -2.38. The molecule has 0 spiro atoms. The zero-order valence-electron chi connectivity index (χ0n) is 14.5. The van der Waals surface area contributed by atoms with E-state index in [1.54, 1.807) is 16.7 Å². The normalized spacial score (nSPS) is 26.8. The van der Waals surface area contributed by atoms with Gasteiger partial charge in [-0.15, -0.1) is 0 Å². The molecule has 1 N–H and O–H groups in total. The van der Waals surface area contributed by atoms with E-state index >= 15 is 0 Å². The van der Waals surface area contributed by atoms with Crippen LogP contribution in [0.3, 0.4) is 0 Å². The molecule has 2 aliphatic heterocycles. The number of amides is 2. The van der Waals surface area contributed by atoms with Crippen molar-refractivity contribution in [3.63, 3.8) is 0 Å². The monoisotopic (exact) mass is 344 g/mol. The first kappa shape index (κ1) is 17.5. The number of likely N-dealkylation sites (tertiary alicyclic amines) is 2. The summed E-state index contributed by atoms with van der Waals surface area (Å²) >= 11 is 0. The molecule has 0 saturated carbocycles. The molecule has 2 saturated heterocycles. The minimum absolute atomic E-state index is 0.0137. The second kappa shape index (κ2) is 6.86. The lowest BCUT2D eigenvalue weighted by molar-refractivity contribution is -0.154. The van der Waals surface area contributed by atoms with Crippen LogP contribution in [0.4, 0.5) is 0 Å². The van der Waals surface area contributed by atoms with Gasteiger partial charge in [0.15, 0.2) is 0 Å². The number of aliphatic carboxylic acids is 1. The molecule has 0 radical (unpaired) electrons. The number of hydrogen-bond donors (Lipinski definition) is 1. The van der Waals surface area contributed by atoms with E-state index in [-0.39, 0.29) is 30.7 Å². The van der Waals surface area contributed by atoms with E-state index in [1.807, 2.05) is 30.3 Å². The van der Waals surface area contributed by atoms with Crippen LogP contribution in [0.15, 0.2) is 30.3 Å². The van der Waals surface area contributed by atoms with Gasteiger partial charge in [-0.1, -0.05) is 30.3 Å². The Morgan fingerprint density at radius 1 is 1.28 bits per heavy atom. The summed E-state index contributed by atoms with van der Waals surface area (Å²) in [6.07, 6.45) is 1.48. The van der Waals surface area contributed by atoms with Crippen LogP contribution in [0, 0.1) is 11.3 Å². The third kappa shape index (κ3) is 3.67. The van der Waals surface area contributed by atoms with Crippen molar-refractivity contribution in [1.29, 1.82) is 0 Å². The van der Waals surface area contributed by atoms with Crippen LogP contribution < -0.4 is 0 Å². The van der Waals surface area contributed by atoms with Gasteiger partial charge >= 0.3 is 5.97 Å². The molecule has 0 bridgehead atoms. The van der Waals surface area contributed by atoms with Crippen molar-refractivity contribution >= 4 is 17.8 Å². The molecule has 2 unspecified atom stereocenters. The smallest absolute Gasteiger partial charge is 0.311 e. The third-order valence-electron chi connectivity index (χ3n) is 5.30. The molecule has 2 fully saturated rings. The Bertz CT molecular complexity index is 675. The SMILES string of the molecule is CC1(C(=O)O)CCCN(C(=O)C2CC(=O)N(Cc3ccccc3)C2)C1. The van der Waals surface area contributed by atoms with Gasteiger partial charge in [-0.2, -0.15) is 0 Å². The van der Waals surface area contributed by atoms with E-state index < -0.39 is 11.4 Å². The largest absolute Gasteiger partial charge is 0.481 e. The molecule has 3 rings (SSSR count). The van der Waals surface area contributed by atoms with E-state index in [1.165, 1.54) is 0 Å². The molecule has 1 aromatic rings. The molecular formula is C19H24N2O4. The van der Waals surface area contributed by atoms with Gasteiger partial charge in [0, 0.05) is 32.6 Å². The maximum Gasteiger partial charge on any atom is 0.311 e. The molecular weight excluding hydrogens is 320 g/mol. The van der Waals surface area contributed by atoms with Crippen molar-refractivity contribution in [3.8, 4) is 0 Å². The number of carbonyl (C=O) groups excluding carboxylic acids is 2. The number of piperidine rings is 1. The molecule has 2 amide bonds. The maximum atomic E-state index is 12.8. The van der Waals surface area contributed by atoms with Crippen LogP contribution in [0.5, 0.6) is 0 Å². The van der Waals surface area contributed by atoms with Gasteiger partial charge < -0.3 is 14.9 Å². The predicted octanol–water partition coefficient (Wildman–Crippen LogP) is 1.75. The van der Waals surface area contributed by atoms with Crippen LogP contribution in [-0.2, 0) is 20.9 Å². The second-order valence-electron chi connectivity index (χ2n) is 7.39. The fraction of sp³-hybridized carbons (Fsp3) is 0.526. The molecule has 2 heterocycles. The second-order valence-corrected chi connectivity index (χ2v) is 7.39. The first-order valence-corrected chi connectivity index (χ1v) is 8.73. The molecule has 1 aromatic carbocycles. The number of rotatable bonds is 4. The highest BCUT2D eigenvalue weighted by Gasteiger charge is 2.43. The number of benzene rings is 1. The zero-order chi connectivity index (χ0) is 18.0. The van der Waals surface area contributed by atoms with E-state index in [4.69, 9.17) is 0 Å². The third-order valence-corrected chi connectivity index (χ3v) is 5.30. The highest BCUT2D eigenvalue weighted by Crippen LogP contribution is 2.32. The fourth-order valence-corrected chi connectivity index (χ4v) is 3.75. The zero-order valence-corrected chi connectivity index (χ0v) is 14.5. The Morgan fingerprint density at radius 2 is 2.00 bits per heavy atom. The van der Waals surface area contributed by atoms with Crippen molar-refractivity contribution in [1.82, 2.24) is 9.80 Å². The van der Waals surface area contributed by atoms with Crippen LogP contribution in [-0.4, -0.2) is 52.3 Å². The first-order valence-electron chi connectivity index (χ1n) is 8.73. The summed E-state index contributed by atoms with van der Waals surface area (Å²) in [6, 6.07) is 9.71. The quantitative estimate of drug-likeness (QED) is 0.903. The first-order chi connectivity index (χ1) is 11.9. The summed E-state index contributed by atoms with van der Waals surface area (Å²) in [5.74, 6) is -1.33. The lowest BCUT2D eigenvalue weighted by atomic mass is 9.81. The highest BCUT2D eigenvalue weighted by molar-refractivity contribution is 5.89. The van der Waals surface area contributed by atoms with E-state index in [0.717, 1.165) is 5.56 Å². The summed E-state index contributed by atoms with van der Waals surface area (Å²) in [7, 11) is 0.